The lowest BCUT2D eigenvalue weighted by molar-refractivity contribution is -0.274. The Labute approximate surface area is 505 Å². The third-order valence-corrected chi connectivity index (χ3v) is 16.4. The van der Waals surface area contributed by atoms with Crippen LogP contribution in [0.3, 0.4) is 0 Å². The van der Waals surface area contributed by atoms with Gasteiger partial charge in [0.25, 0.3) is 0 Å². The predicted octanol–water partition coefficient (Wildman–Crippen LogP) is 12.8. The Hall–Kier alpha value is -9.27. The van der Waals surface area contributed by atoms with Crippen molar-refractivity contribution in [3.63, 3.8) is 0 Å². The summed E-state index contributed by atoms with van der Waals surface area (Å²) in [5, 5.41) is 19.9. The van der Waals surface area contributed by atoms with Crippen LogP contribution < -0.4 is 35.3 Å². The Morgan fingerprint density at radius 3 is 1.48 bits per heavy atom. The Morgan fingerprint density at radius 2 is 0.944 bits per heavy atom. The number of alkyl halides is 6. The lowest BCUT2D eigenvalue weighted by Gasteiger charge is -2.30. The summed E-state index contributed by atoms with van der Waals surface area (Å²) in [6.07, 6.45) is 15.2. The lowest BCUT2D eigenvalue weighted by Crippen LogP contribution is -2.29. The molecule has 0 radical (unpaired) electrons. The maximum atomic E-state index is 14.8. The highest BCUT2D eigenvalue weighted by Crippen LogP contribution is 2.39. The van der Waals surface area contributed by atoms with Crippen molar-refractivity contribution < 1.29 is 54.1 Å². The van der Waals surface area contributed by atoms with Gasteiger partial charge >= 0.3 is 12.5 Å². The van der Waals surface area contributed by atoms with Gasteiger partial charge in [-0.3, -0.25) is 0 Å². The molecule has 6 aromatic heterocycles. The van der Waals surface area contributed by atoms with Gasteiger partial charge in [0.1, 0.15) is 34.8 Å². The molecule has 4 N–H and O–H groups in total. The molecule has 19 nitrogen and oxygen atoms in total. The van der Waals surface area contributed by atoms with E-state index in [1.54, 1.807) is 18.5 Å². The third kappa shape index (κ3) is 14.5. The molecule has 0 saturated heterocycles. The fourth-order valence-electron chi connectivity index (χ4n) is 11.6. The zero-order chi connectivity index (χ0) is 61.7. The Balaban J connectivity index is 0.694. The fourth-order valence-corrected chi connectivity index (χ4v) is 11.6. The topological polar surface area (TPSA) is 218 Å². The van der Waals surface area contributed by atoms with Crippen LogP contribution in [0.25, 0.3) is 50.8 Å². The first-order chi connectivity index (χ1) is 43.0. The second-order valence-corrected chi connectivity index (χ2v) is 22.6. The van der Waals surface area contributed by atoms with Crippen LogP contribution in [0.1, 0.15) is 82.6 Å². The van der Waals surface area contributed by atoms with Crippen LogP contribution in [0.2, 0.25) is 0 Å². The third-order valence-electron chi connectivity index (χ3n) is 16.4. The molecule has 0 aliphatic heterocycles. The molecule has 3 aliphatic carbocycles. The van der Waals surface area contributed by atoms with E-state index in [1.807, 2.05) is 0 Å². The van der Waals surface area contributed by atoms with E-state index in [0.717, 1.165) is 87.8 Å². The molecular formula is C62H61F8N15O4. The van der Waals surface area contributed by atoms with Gasteiger partial charge in [0.05, 0.1) is 68.3 Å². The van der Waals surface area contributed by atoms with Crippen LogP contribution in [0.5, 0.6) is 23.0 Å². The quantitative estimate of drug-likeness (QED) is 0.0604. The Bertz CT molecular complexity index is 3850. The van der Waals surface area contributed by atoms with Crippen molar-refractivity contribution in [2.24, 2.45) is 23.5 Å². The fraction of sp³-hybridized carbons (Fsp3) is 0.371. The molecule has 0 spiro atoms. The molecule has 0 unspecified atom stereocenters. The summed E-state index contributed by atoms with van der Waals surface area (Å²) in [7, 11) is 0. The summed E-state index contributed by atoms with van der Waals surface area (Å²) in [5.41, 5.74) is 7.46. The molecule has 0 bridgehead atoms. The van der Waals surface area contributed by atoms with E-state index in [2.05, 4.69) is 50.6 Å². The van der Waals surface area contributed by atoms with E-state index in [4.69, 9.17) is 29.9 Å². The zero-order valence-electron chi connectivity index (χ0n) is 47.8. The van der Waals surface area contributed by atoms with Crippen molar-refractivity contribution in [2.45, 2.75) is 108 Å². The van der Waals surface area contributed by atoms with E-state index in [1.165, 1.54) is 114 Å². The summed E-state index contributed by atoms with van der Waals surface area (Å²) in [5.74, 6) is 0.376. The smallest absolute Gasteiger partial charge is 0.489 e. The van der Waals surface area contributed by atoms with Gasteiger partial charge in [-0.1, -0.05) is 30.3 Å². The molecule has 0 atom stereocenters. The van der Waals surface area contributed by atoms with Crippen LogP contribution in [0.15, 0.2) is 129 Å². The van der Waals surface area contributed by atoms with Crippen LogP contribution in [0, 0.1) is 29.4 Å². The minimum Gasteiger partial charge on any atom is -0.489 e. The van der Waals surface area contributed by atoms with Gasteiger partial charge in [0.15, 0.2) is 34.6 Å². The Morgan fingerprint density at radius 1 is 0.483 bits per heavy atom. The van der Waals surface area contributed by atoms with E-state index >= 15 is 0 Å². The van der Waals surface area contributed by atoms with Gasteiger partial charge in [0.2, 0.25) is 11.9 Å². The first kappa shape index (κ1) is 60.0. The van der Waals surface area contributed by atoms with Crippen molar-refractivity contribution in [2.75, 3.05) is 30.5 Å². The minimum atomic E-state index is -4.90. The van der Waals surface area contributed by atoms with Crippen LogP contribution in [-0.2, 0) is 6.18 Å². The number of hydrogen-bond acceptors (Lipinski definition) is 16. The zero-order valence-corrected chi connectivity index (χ0v) is 47.8. The number of anilines is 2. The minimum absolute atomic E-state index is 0.00858. The summed E-state index contributed by atoms with van der Waals surface area (Å²) < 4.78 is 139. The van der Waals surface area contributed by atoms with Crippen molar-refractivity contribution in [3.8, 4) is 73.8 Å². The van der Waals surface area contributed by atoms with Crippen molar-refractivity contribution in [1.82, 2.24) is 59.2 Å². The molecule has 6 heterocycles. The van der Waals surface area contributed by atoms with E-state index < -0.39 is 35.5 Å². The summed E-state index contributed by atoms with van der Waals surface area (Å²) in [6.45, 7) is 1.07. The van der Waals surface area contributed by atoms with E-state index in [-0.39, 0.29) is 47.0 Å². The standard InChI is InChI=1S/C62H61F8N15O4/c63-47-7-5-8-48(64)58(47)85-32-42(26-78-85)57-54(87-33-37-12-18-43(71)19-13-37)29-74-60(82-57)80-45-22-16-39(17-23-45)35-88-53-28-73-59(81-56(53)41-25-76-83(31-41)49-9-2-1-6-46(49)61(65,66)67)79-44-20-14-38(15-21-44)34-86-52-27-72-36-75-55(52)40-24-77-84(30-40)50-10-3-4-11-51(50)89-62(68,69)70/h1-11,24-32,36-39,43-45H,12-23,33-35,71H2,(H,73,79,81)(H,74,80,82). The predicted molar refractivity (Wildman–Crippen MR) is 311 cm³/mol. The van der Waals surface area contributed by atoms with Crippen molar-refractivity contribution >= 4 is 11.9 Å². The number of nitrogens with zero attached hydrogens (tertiary/aromatic N) is 12. The molecule has 12 rings (SSSR count). The van der Waals surface area contributed by atoms with E-state index in [9.17, 15) is 35.1 Å². The molecule has 27 heteroatoms. The summed E-state index contributed by atoms with van der Waals surface area (Å²) in [4.78, 5) is 27.6. The highest BCUT2D eigenvalue weighted by molar-refractivity contribution is 5.68. The molecule has 3 fully saturated rings. The molecular weight excluding hydrogens is 1170 g/mol. The second-order valence-electron chi connectivity index (χ2n) is 22.6. The van der Waals surface area contributed by atoms with Gasteiger partial charge in [-0.2, -0.15) is 28.5 Å². The number of aromatic nitrogens is 12. The molecule has 89 heavy (non-hydrogen) atoms. The van der Waals surface area contributed by atoms with Crippen molar-refractivity contribution in [3.05, 3.63) is 146 Å². The monoisotopic (exact) mass is 1230 g/mol. The number of rotatable bonds is 20. The van der Waals surface area contributed by atoms with Crippen LogP contribution >= 0.6 is 0 Å². The Kier molecular flexibility index (Phi) is 17.7. The average Bonchev–Trinajstić information content (AvgIpc) is 1.93. The molecule has 0 amide bonds. The maximum Gasteiger partial charge on any atom is 0.573 e. The first-order valence-electron chi connectivity index (χ1n) is 29.4. The average molecular weight is 1230 g/mol. The number of halogens is 8. The molecule has 3 aliphatic rings. The van der Waals surface area contributed by atoms with Gasteiger partial charge in [-0.25, -0.2) is 52.7 Å². The first-order valence-corrected chi connectivity index (χ1v) is 29.4. The molecule has 3 aromatic carbocycles. The van der Waals surface area contributed by atoms with Crippen molar-refractivity contribution in [1.29, 1.82) is 0 Å². The van der Waals surface area contributed by atoms with Crippen LogP contribution in [0.4, 0.5) is 47.0 Å². The normalized spacial score (nSPS) is 19.8. The number of nitrogens with one attached hydrogen (secondary N) is 2. The van der Waals surface area contributed by atoms with Crippen LogP contribution in [-0.4, -0.2) is 104 Å². The molecule has 3 saturated carbocycles. The number of benzene rings is 3. The summed E-state index contributed by atoms with van der Waals surface area (Å²) >= 11 is 0. The number of para-hydroxylation sites is 4. The number of nitrogens with two attached hydrogens (primary N) is 1. The highest BCUT2D eigenvalue weighted by atomic mass is 19.4. The molecule has 464 valence electrons. The lowest BCUT2D eigenvalue weighted by atomic mass is 9.86. The highest BCUT2D eigenvalue weighted by Gasteiger charge is 2.35. The van der Waals surface area contributed by atoms with Gasteiger partial charge in [-0.05, 0) is 131 Å². The number of hydrogen-bond donors (Lipinski definition) is 3. The largest absolute Gasteiger partial charge is 0.573 e. The number of ether oxygens (including phenoxy) is 4. The van der Waals surface area contributed by atoms with Gasteiger partial charge in [-0.15, -0.1) is 13.2 Å². The van der Waals surface area contributed by atoms with Gasteiger partial charge in [0, 0.05) is 53.4 Å². The maximum absolute atomic E-state index is 14.8. The second kappa shape index (κ2) is 26.2. The SMILES string of the molecule is NC1CCC(COc2cnc(NC3CCC(COc4cnc(NC5CCC(COc6cncnc6-c6cnn(-c7ccccc7OC(F)(F)F)c6)CC5)nc4-c4cnn(-c5ccccc5C(F)(F)F)c4)CC3)nc2-c2cnn(-c3c(F)cccc3F)c2)CC1. The summed E-state index contributed by atoms with van der Waals surface area (Å²) in [6, 6.07) is 14.6. The van der Waals surface area contributed by atoms with E-state index in [0.29, 0.717) is 88.7 Å². The molecule has 9 aromatic rings. The van der Waals surface area contributed by atoms with Gasteiger partial charge < -0.3 is 35.3 Å².